The molecule has 3 aliphatic heterocycles. The number of ether oxygens (including phenoxy) is 1. The Morgan fingerprint density at radius 1 is 1.18 bits per heavy atom. The molecule has 216 valence electrons. The van der Waals surface area contributed by atoms with Gasteiger partial charge in [-0.3, -0.25) is 14.4 Å². The largest absolute Gasteiger partial charge is 0.494 e. The molecule has 3 saturated heterocycles. The number of likely N-dealkylation sites (tertiary alicyclic amines) is 1. The topological polar surface area (TPSA) is 108 Å². The van der Waals surface area contributed by atoms with Gasteiger partial charge in [0.15, 0.2) is 0 Å². The minimum atomic E-state index is -0.760. The van der Waals surface area contributed by atoms with Crippen LogP contribution in [-0.2, 0) is 14.4 Å². The molecule has 3 heterocycles. The number of anilines is 1. The smallest absolute Gasteiger partial charge is 0.244 e. The number of hydrogen-bond donors (Lipinski definition) is 3. The molecule has 1 aromatic carbocycles. The molecule has 1 spiro atoms. The van der Waals surface area contributed by atoms with E-state index in [4.69, 9.17) is 4.74 Å². The van der Waals surface area contributed by atoms with E-state index in [1.54, 1.807) is 35.7 Å². The zero-order valence-corrected chi connectivity index (χ0v) is 25.4. The summed E-state index contributed by atoms with van der Waals surface area (Å²) in [7, 11) is 0. The number of carbonyl (C=O) groups is 3. The predicted molar refractivity (Wildman–Crippen MR) is 155 cm³/mol. The third kappa shape index (κ3) is 5.41. The molecule has 0 radical (unpaired) electrons. The Balaban J connectivity index is 1.66. The molecule has 2 bridgehead atoms. The molecule has 0 aliphatic carbocycles. The summed E-state index contributed by atoms with van der Waals surface area (Å²) < 4.78 is 4.77. The normalized spacial score (nSPS) is 30.7. The van der Waals surface area contributed by atoms with Gasteiger partial charge in [0.25, 0.3) is 0 Å². The van der Waals surface area contributed by atoms with Crippen LogP contribution in [0, 0.1) is 23.2 Å². The second-order valence-corrected chi connectivity index (χ2v) is 14.9. The highest BCUT2D eigenvalue weighted by Crippen LogP contribution is 2.68. The fourth-order valence-electron chi connectivity index (χ4n) is 7.42. The number of fused-ring (bicyclic) bond motifs is 1. The third-order valence-corrected chi connectivity index (χ3v) is 10.4. The van der Waals surface area contributed by atoms with Gasteiger partial charge in [0, 0.05) is 16.5 Å². The zero-order chi connectivity index (χ0) is 28.9. The lowest BCUT2D eigenvalue weighted by molar-refractivity contribution is -0.142. The summed E-state index contributed by atoms with van der Waals surface area (Å²) in [5, 5.41) is 16.3. The quantitative estimate of drug-likeness (QED) is 0.421. The van der Waals surface area contributed by atoms with Crippen LogP contribution >= 0.6 is 11.8 Å². The van der Waals surface area contributed by atoms with E-state index in [1.807, 2.05) is 32.9 Å². The van der Waals surface area contributed by atoms with Crippen molar-refractivity contribution < 1.29 is 24.2 Å². The Hall–Kier alpha value is -2.26. The fourth-order valence-corrected chi connectivity index (χ4v) is 9.83. The number of hydrogen-bond acceptors (Lipinski definition) is 6. The van der Waals surface area contributed by atoms with Crippen molar-refractivity contribution in [3.63, 3.8) is 0 Å². The molecule has 3 unspecified atom stereocenters. The van der Waals surface area contributed by atoms with Crippen molar-refractivity contribution >= 4 is 35.2 Å². The van der Waals surface area contributed by atoms with Gasteiger partial charge in [0.05, 0.1) is 35.8 Å². The first-order valence-electron chi connectivity index (χ1n) is 14.1. The molecule has 1 aromatic rings. The number of benzene rings is 1. The highest BCUT2D eigenvalue weighted by molar-refractivity contribution is 8.02. The minimum Gasteiger partial charge on any atom is -0.494 e. The number of carbonyl (C=O) groups excluding carboxylic acids is 3. The fraction of sp³-hybridized carbons (Fsp3) is 0.700. The number of aliphatic hydroxyl groups excluding tert-OH is 1. The number of amides is 3. The summed E-state index contributed by atoms with van der Waals surface area (Å²) in [5.74, 6) is -1.01. The molecule has 39 heavy (non-hydrogen) atoms. The SMILES string of the molecule is CCOc1ccc(NC(=O)[C@@H]2[C@@H]3CC(C)C4(S3)C(C(=O)NC(C)(C)CC(C)(C)C)N([C@H](C)CO)C(=O)[C@H]24)cc1. The molecule has 9 heteroatoms. The van der Waals surface area contributed by atoms with Gasteiger partial charge < -0.3 is 25.4 Å². The number of aliphatic hydroxyl groups is 1. The Morgan fingerprint density at radius 2 is 1.82 bits per heavy atom. The van der Waals surface area contributed by atoms with Crippen LogP contribution in [0.2, 0.25) is 0 Å². The standard InChI is InChI=1S/C30H45N3O5S/c1-9-38-20-12-10-19(11-13-20)31-25(35)22-21-14-17(2)30(39-21)23(22)27(37)33(18(3)15-34)24(30)26(36)32-29(7,8)16-28(4,5)6/h10-13,17-18,21-24,34H,9,14-16H2,1-8H3,(H,31,35)(H,32,36)/t17?,18-,21+,22-,23+,24?,30?/m1/s1. The van der Waals surface area contributed by atoms with E-state index in [0.29, 0.717) is 12.3 Å². The van der Waals surface area contributed by atoms with Gasteiger partial charge in [-0.1, -0.05) is 27.7 Å². The zero-order valence-electron chi connectivity index (χ0n) is 24.5. The Labute approximate surface area is 237 Å². The number of nitrogens with zero attached hydrogens (tertiary/aromatic N) is 1. The summed E-state index contributed by atoms with van der Waals surface area (Å²) in [6.45, 7) is 16.5. The second-order valence-electron chi connectivity index (χ2n) is 13.4. The van der Waals surface area contributed by atoms with E-state index in [9.17, 15) is 19.5 Å². The van der Waals surface area contributed by atoms with E-state index in [2.05, 4.69) is 38.3 Å². The first kappa shape index (κ1) is 29.7. The van der Waals surface area contributed by atoms with E-state index in [-0.39, 0.29) is 40.9 Å². The van der Waals surface area contributed by atoms with Gasteiger partial charge >= 0.3 is 0 Å². The van der Waals surface area contributed by atoms with Gasteiger partial charge in [0.2, 0.25) is 17.7 Å². The van der Waals surface area contributed by atoms with Crippen molar-refractivity contribution in [1.29, 1.82) is 0 Å². The van der Waals surface area contributed by atoms with Crippen molar-refractivity contribution in [2.75, 3.05) is 18.5 Å². The van der Waals surface area contributed by atoms with E-state index >= 15 is 0 Å². The van der Waals surface area contributed by atoms with Crippen molar-refractivity contribution in [2.24, 2.45) is 23.2 Å². The number of rotatable bonds is 9. The van der Waals surface area contributed by atoms with Crippen LogP contribution in [0.25, 0.3) is 0 Å². The van der Waals surface area contributed by atoms with Crippen LogP contribution in [-0.4, -0.2) is 68.6 Å². The van der Waals surface area contributed by atoms with Crippen molar-refractivity contribution in [2.45, 2.75) is 95.9 Å². The maximum atomic E-state index is 14.1. The highest BCUT2D eigenvalue weighted by atomic mass is 32.2. The summed E-state index contributed by atoms with van der Waals surface area (Å²) in [4.78, 5) is 43.6. The van der Waals surface area contributed by atoms with Crippen LogP contribution in [0.1, 0.15) is 68.2 Å². The average Bonchev–Trinajstić information content (AvgIpc) is 3.41. The van der Waals surface area contributed by atoms with Gasteiger partial charge in [-0.15, -0.1) is 11.8 Å². The monoisotopic (exact) mass is 559 g/mol. The molecule has 4 rings (SSSR count). The summed E-state index contributed by atoms with van der Waals surface area (Å²) in [6, 6.07) is 5.91. The first-order valence-corrected chi connectivity index (χ1v) is 15.0. The van der Waals surface area contributed by atoms with E-state index < -0.39 is 34.2 Å². The van der Waals surface area contributed by atoms with Crippen molar-refractivity contribution in [3.05, 3.63) is 24.3 Å². The second kappa shape index (κ2) is 10.6. The molecule has 3 aliphatic rings. The van der Waals surface area contributed by atoms with Crippen LogP contribution in [0.4, 0.5) is 5.69 Å². The lowest BCUT2D eigenvalue weighted by atomic mass is 9.65. The van der Waals surface area contributed by atoms with Gasteiger partial charge in [-0.2, -0.15) is 0 Å². The third-order valence-electron chi connectivity index (χ3n) is 8.34. The van der Waals surface area contributed by atoms with Crippen LogP contribution in [0.5, 0.6) is 5.75 Å². The Kier molecular flexibility index (Phi) is 8.09. The molecule has 8 nitrogen and oxygen atoms in total. The number of thioether (sulfide) groups is 1. The van der Waals surface area contributed by atoms with Crippen LogP contribution in [0.3, 0.4) is 0 Å². The Morgan fingerprint density at radius 3 is 2.38 bits per heavy atom. The first-order chi connectivity index (χ1) is 18.1. The summed E-state index contributed by atoms with van der Waals surface area (Å²) >= 11 is 1.64. The lowest BCUT2D eigenvalue weighted by Gasteiger charge is -2.42. The predicted octanol–water partition coefficient (Wildman–Crippen LogP) is 4.07. The van der Waals surface area contributed by atoms with Gasteiger partial charge in [-0.25, -0.2) is 0 Å². The molecule has 0 saturated carbocycles. The minimum absolute atomic E-state index is 0.000914. The maximum Gasteiger partial charge on any atom is 0.244 e. The maximum absolute atomic E-state index is 14.1. The molecule has 3 N–H and O–H groups in total. The van der Waals surface area contributed by atoms with Gasteiger partial charge in [0.1, 0.15) is 11.8 Å². The van der Waals surface area contributed by atoms with Crippen LogP contribution in [0.15, 0.2) is 24.3 Å². The molecule has 0 aromatic heterocycles. The van der Waals surface area contributed by atoms with E-state index in [0.717, 1.165) is 18.6 Å². The molecule has 3 fully saturated rings. The summed E-state index contributed by atoms with van der Waals surface area (Å²) in [5.41, 5.74) is 0.150. The molecule has 3 amide bonds. The lowest BCUT2D eigenvalue weighted by Crippen LogP contribution is -2.61. The number of nitrogens with one attached hydrogen (secondary N) is 2. The van der Waals surface area contributed by atoms with Gasteiger partial charge in [-0.05, 0) is 76.1 Å². The molecule has 7 atom stereocenters. The summed E-state index contributed by atoms with van der Waals surface area (Å²) in [6.07, 6.45) is 1.52. The molecular weight excluding hydrogens is 514 g/mol. The highest BCUT2D eigenvalue weighted by Gasteiger charge is 2.76. The van der Waals surface area contributed by atoms with Crippen molar-refractivity contribution in [3.8, 4) is 5.75 Å². The molecular formula is C30H45N3O5S. The Bertz CT molecular complexity index is 1100. The average molecular weight is 560 g/mol. The van der Waals surface area contributed by atoms with Crippen molar-refractivity contribution in [1.82, 2.24) is 10.2 Å². The van der Waals surface area contributed by atoms with Crippen LogP contribution < -0.4 is 15.4 Å². The van der Waals surface area contributed by atoms with E-state index in [1.165, 1.54) is 0 Å².